The largest absolute Gasteiger partial charge is 0.485 e. The Morgan fingerprint density at radius 2 is 2.06 bits per heavy atom. The summed E-state index contributed by atoms with van der Waals surface area (Å²) in [5.74, 6) is 0.160. The summed E-state index contributed by atoms with van der Waals surface area (Å²) < 4.78 is 29.8. The lowest BCUT2D eigenvalue weighted by molar-refractivity contribution is 0.00846. The van der Waals surface area contributed by atoms with Gasteiger partial charge in [0.15, 0.2) is 6.10 Å². The Hall–Kier alpha value is -1.17. The summed E-state index contributed by atoms with van der Waals surface area (Å²) in [5, 5.41) is 9.62. The highest BCUT2D eigenvalue weighted by Crippen LogP contribution is 2.31. The molecule has 4 nitrogen and oxygen atoms in total. The average molecular weight is 254 g/mol. The fourth-order valence-corrected chi connectivity index (χ4v) is 2.41. The van der Waals surface area contributed by atoms with Crippen LogP contribution in [0.25, 0.3) is 0 Å². The molecule has 2 heterocycles. The molecule has 2 fully saturated rings. The summed E-state index contributed by atoms with van der Waals surface area (Å²) in [6.07, 6.45) is -1.50. The van der Waals surface area contributed by atoms with Crippen LogP contribution in [0.1, 0.15) is 5.56 Å². The maximum absolute atomic E-state index is 13.2. The summed E-state index contributed by atoms with van der Waals surface area (Å²) in [6.45, 7) is 2.46. The first-order valence-corrected chi connectivity index (χ1v) is 5.99. The number of fused-ring (bicyclic) bond motifs is 1. The first-order chi connectivity index (χ1) is 8.65. The van der Waals surface area contributed by atoms with Gasteiger partial charge in [-0.15, -0.1) is 0 Å². The maximum Gasteiger partial charge on any atom is 0.151 e. The lowest BCUT2D eigenvalue weighted by atomic mass is 10.1. The third kappa shape index (κ3) is 1.98. The van der Waals surface area contributed by atoms with Crippen LogP contribution >= 0.6 is 0 Å². The van der Waals surface area contributed by atoms with Crippen molar-refractivity contribution in [3.05, 3.63) is 29.6 Å². The highest BCUT2D eigenvalue weighted by molar-refractivity contribution is 5.33. The number of halogens is 1. The Balaban J connectivity index is 1.75. The second kappa shape index (κ2) is 4.50. The normalized spacial score (nSPS) is 34.6. The van der Waals surface area contributed by atoms with E-state index in [1.807, 2.05) is 6.92 Å². The Kier molecular flexibility index (Phi) is 2.97. The molecule has 2 saturated heterocycles. The second-order valence-electron chi connectivity index (χ2n) is 4.73. The monoisotopic (exact) mass is 254 g/mol. The van der Waals surface area contributed by atoms with E-state index in [0.29, 0.717) is 12.4 Å². The van der Waals surface area contributed by atoms with Crippen LogP contribution in [0.15, 0.2) is 18.2 Å². The third-order valence-electron chi connectivity index (χ3n) is 3.41. The molecule has 98 valence electrons. The van der Waals surface area contributed by atoms with Gasteiger partial charge in [-0.3, -0.25) is 0 Å². The summed E-state index contributed by atoms with van der Waals surface area (Å²) in [5.41, 5.74) is 0.860. The predicted molar refractivity (Wildman–Crippen MR) is 61.0 cm³/mol. The lowest BCUT2D eigenvalue weighted by Gasteiger charge is -2.19. The third-order valence-corrected chi connectivity index (χ3v) is 3.41. The molecule has 0 bridgehead atoms. The number of hydrogen-bond acceptors (Lipinski definition) is 4. The van der Waals surface area contributed by atoms with E-state index in [4.69, 9.17) is 14.2 Å². The minimum absolute atomic E-state index is 0.261. The van der Waals surface area contributed by atoms with E-state index in [0.717, 1.165) is 5.56 Å². The average Bonchev–Trinajstić information content (AvgIpc) is 2.89. The summed E-state index contributed by atoms with van der Waals surface area (Å²) >= 11 is 0. The maximum atomic E-state index is 13.2. The van der Waals surface area contributed by atoms with Gasteiger partial charge in [-0.1, -0.05) is 6.07 Å². The molecule has 18 heavy (non-hydrogen) atoms. The van der Waals surface area contributed by atoms with Crippen molar-refractivity contribution in [1.82, 2.24) is 0 Å². The van der Waals surface area contributed by atoms with Crippen LogP contribution in [0.5, 0.6) is 5.75 Å². The molecule has 0 aliphatic carbocycles. The highest BCUT2D eigenvalue weighted by atomic mass is 19.1. The molecule has 3 rings (SSSR count). The number of aliphatic hydroxyl groups excluding tert-OH is 1. The van der Waals surface area contributed by atoms with Crippen LogP contribution in [0.4, 0.5) is 4.39 Å². The quantitative estimate of drug-likeness (QED) is 0.856. The molecule has 0 aromatic heterocycles. The van der Waals surface area contributed by atoms with Crippen LogP contribution in [0.3, 0.4) is 0 Å². The van der Waals surface area contributed by atoms with Crippen LogP contribution < -0.4 is 4.74 Å². The number of rotatable bonds is 2. The molecular formula is C13H15FO4. The summed E-state index contributed by atoms with van der Waals surface area (Å²) in [6, 6.07) is 4.42. The molecule has 0 amide bonds. The minimum atomic E-state index is -0.600. The van der Waals surface area contributed by atoms with E-state index >= 15 is 0 Å². The number of ether oxygens (including phenoxy) is 3. The Morgan fingerprint density at radius 1 is 1.28 bits per heavy atom. The van der Waals surface area contributed by atoms with Gasteiger partial charge in [0.25, 0.3) is 0 Å². The Morgan fingerprint density at radius 3 is 2.89 bits per heavy atom. The molecule has 0 spiro atoms. The SMILES string of the molecule is Cc1ccc(F)cc1O[C@@H]1COC2C1OC[C@H]2O. The number of aliphatic hydroxyl groups is 1. The molecule has 1 aromatic carbocycles. The van der Waals surface area contributed by atoms with E-state index in [-0.39, 0.29) is 30.7 Å². The first-order valence-electron chi connectivity index (χ1n) is 5.99. The van der Waals surface area contributed by atoms with E-state index in [1.165, 1.54) is 12.1 Å². The minimum Gasteiger partial charge on any atom is -0.485 e. The van der Waals surface area contributed by atoms with Crippen LogP contribution in [-0.2, 0) is 9.47 Å². The summed E-state index contributed by atoms with van der Waals surface area (Å²) in [4.78, 5) is 0. The Labute approximate surface area is 104 Å². The molecule has 4 atom stereocenters. The van der Waals surface area contributed by atoms with Gasteiger partial charge in [-0.2, -0.15) is 0 Å². The van der Waals surface area contributed by atoms with Crippen molar-refractivity contribution >= 4 is 0 Å². The van der Waals surface area contributed by atoms with Crippen molar-refractivity contribution in [2.45, 2.75) is 31.3 Å². The first kappa shape index (κ1) is 11.9. The second-order valence-corrected chi connectivity index (χ2v) is 4.73. The van der Waals surface area contributed by atoms with Gasteiger partial charge in [0, 0.05) is 6.07 Å². The molecule has 0 saturated carbocycles. The van der Waals surface area contributed by atoms with Gasteiger partial charge < -0.3 is 19.3 Å². The molecule has 5 heteroatoms. The molecule has 2 aliphatic rings. The lowest BCUT2D eigenvalue weighted by Crippen LogP contribution is -2.34. The zero-order chi connectivity index (χ0) is 12.7. The van der Waals surface area contributed by atoms with Crippen molar-refractivity contribution in [3.63, 3.8) is 0 Å². The van der Waals surface area contributed by atoms with E-state index < -0.39 is 6.10 Å². The van der Waals surface area contributed by atoms with Gasteiger partial charge in [-0.25, -0.2) is 4.39 Å². The number of benzene rings is 1. The topological polar surface area (TPSA) is 47.9 Å². The molecule has 1 aromatic rings. The van der Waals surface area contributed by atoms with Gasteiger partial charge >= 0.3 is 0 Å². The molecule has 1 N–H and O–H groups in total. The van der Waals surface area contributed by atoms with Crippen molar-refractivity contribution in [2.24, 2.45) is 0 Å². The zero-order valence-corrected chi connectivity index (χ0v) is 10.0. The number of hydrogen-bond donors (Lipinski definition) is 1. The molecule has 2 unspecified atom stereocenters. The van der Waals surface area contributed by atoms with E-state index in [2.05, 4.69) is 0 Å². The summed E-state index contributed by atoms with van der Waals surface area (Å²) in [7, 11) is 0. The number of aryl methyl sites for hydroxylation is 1. The van der Waals surface area contributed by atoms with Crippen LogP contribution in [0, 0.1) is 12.7 Å². The molecular weight excluding hydrogens is 239 g/mol. The van der Waals surface area contributed by atoms with Gasteiger partial charge in [0.2, 0.25) is 0 Å². The fraction of sp³-hybridized carbons (Fsp3) is 0.538. The van der Waals surface area contributed by atoms with Crippen LogP contribution in [0.2, 0.25) is 0 Å². The Bertz CT molecular complexity index is 451. The molecule has 2 aliphatic heterocycles. The standard InChI is InChI=1S/C13H15FO4/c1-7-2-3-8(14)4-10(7)18-11-6-17-12-9(15)5-16-13(11)12/h2-4,9,11-13,15H,5-6H2,1H3/t9-,11-,12?,13?/m1/s1. The van der Waals surface area contributed by atoms with E-state index in [9.17, 15) is 9.50 Å². The highest BCUT2D eigenvalue weighted by Gasteiger charge is 2.48. The van der Waals surface area contributed by atoms with Crippen LogP contribution in [-0.4, -0.2) is 42.7 Å². The predicted octanol–water partition coefficient (Wildman–Crippen LogP) is 1.04. The van der Waals surface area contributed by atoms with Crippen molar-refractivity contribution in [1.29, 1.82) is 0 Å². The smallest absolute Gasteiger partial charge is 0.151 e. The zero-order valence-electron chi connectivity index (χ0n) is 10.0. The fourth-order valence-electron chi connectivity index (χ4n) is 2.41. The van der Waals surface area contributed by atoms with Crippen molar-refractivity contribution in [2.75, 3.05) is 13.2 Å². The van der Waals surface area contributed by atoms with Crippen molar-refractivity contribution < 1.29 is 23.7 Å². The van der Waals surface area contributed by atoms with E-state index in [1.54, 1.807) is 6.07 Å². The van der Waals surface area contributed by atoms with Gasteiger partial charge in [-0.05, 0) is 18.6 Å². The molecule has 0 radical (unpaired) electrons. The van der Waals surface area contributed by atoms with Gasteiger partial charge in [0.1, 0.15) is 29.9 Å². The van der Waals surface area contributed by atoms with Crippen molar-refractivity contribution in [3.8, 4) is 5.75 Å². The van der Waals surface area contributed by atoms with Gasteiger partial charge in [0.05, 0.1) is 13.2 Å².